The van der Waals surface area contributed by atoms with E-state index in [1.165, 1.54) is 6.33 Å². The van der Waals surface area contributed by atoms with Crippen LogP contribution >= 0.6 is 12.4 Å². The van der Waals surface area contributed by atoms with Crippen molar-refractivity contribution in [2.75, 3.05) is 25.5 Å². The van der Waals surface area contributed by atoms with Crippen LogP contribution < -0.4 is 10.6 Å². The maximum Gasteiger partial charge on any atom is 0.182 e. The number of aromatic nitrogens is 4. The first-order valence-electron chi connectivity index (χ1n) is 5.52. The van der Waals surface area contributed by atoms with Gasteiger partial charge in [0.25, 0.3) is 0 Å². The zero-order chi connectivity index (χ0) is 11.7. The van der Waals surface area contributed by atoms with Crippen LogP contribution in [0.2, 0.25) is 0 Å². The second kappa shape index (κ2) is 5.47. The molecule has 7 nitrogen and oxygen atoms in total. The number of imidazole rings is 1. The summed E-state index contributed by atoms with van der Waals surface area (Å²) >= 11 is 0. The summed E-state index contributed by atoms with van der Waals surface area (Å²) in [5.74, 6) is 0.767. The van der Waals surface area contributed by atoms with Crippen molar-refractivity contribution in [2.24, 2.45) is 0 Å². The van der Waals surface area contributed by atoms with Crippen LogP contribution in [0.5, 0.6) is 0 Å². The number of H-pyrrole nitrogens is 1. The van der Waals surface area contributed by atoms with E-state index in [0.717, 1.165) is 24.4 Å². The van der Waals surface area contributed by atoms with Crippen molar-refractivity contribution in [3.05, 3.63) is 12.7 Å². The molecular formula is C10H15ClN6O. The molecule has 3 heterocycles. The van der Waals surface area contributed by atoms with E-state index in [2.05, 4.69) is 30.6 Å². The Bertz CT molecular complexity index is 518. The molecule has 0 bridgehead atoms. The lowest BCUT2D eigenvalue weighted by atomic mass is 10.2. The van der Waals surface area contributed by atoms with Crippen molar-refractivity contribution in [2.45, 2.75) is 12.1 Å². The summed E-state index contributed by atoms with van der Waals surface area (Å²) in [7, 11) is 1.72. The molecule has 0 unspecified atom stereocenters. The number of hydrogen-bond donors (Lipinski definition) is 3. The SMILES string of the molecule is CO[C@H]1CNC[C@@H]1Nc1ncnc2nc[nH]c12.Cl. The van der Waals surface area contributed by atoms with Gasteiger partial charge >= 0.3 is 0 Å². The van der Waals surface area contributed by atoms with Gasteiger partial charge < -0.3 is 20.4 Å². The third-order valence-corrected chi connectivity index (χ3v) is 3.01. The molecule has 18 heavy (non-hydrogen) atoms. The Hall–Kier alpha value is -1.44. The van der Waals surface area contributed by atoms with Gasteiger partial charge in [-0.1, -0.05) is 0 Å². The van der Waals surface area contributed by atoms with Gasteiger partial charge in [-0.15, -0.1) is 12.4 Å². The normalized spacial score (nSPS) is 22.9. The van der Waals surface area contributed by atoms with Crippen LogP contribution in [-0.2, 0) is 4.74 Å². The molecule has 3 rings (SSSR count). The predicted octanol–water partition coefficient (Wildman–Crippen LogP) is 0.173. The van der Waals surface area contributed by atoms with Gasteiger partial charge in [-0.2, -0.15) is 0 Å². The van der Waals surface area contributed by atoms with E-state index in [4.69, 9.17) is 4.74 Å². The van der Waals surface area contributed by atoms with Crippen molar-refractivity contribution < 1.29 is 4.74 Å². The van der Waals surface area contributed by atoms with Gasteiger partial charge in [-0.05, 0) is 0 Å². The molecule has 1 fully saturated rings. The molecule has 2 atom stereocenters. The highest BCUT2D eigenvalue weighted by molar-refractivity contribution is 5.85. The van der Waals surface area contributed by atoms with Crippen LogP contribution in [-0.4, -0.2) is 52.3 Å². The molecule has 1 aliphatic heterocycles. The van der Waals surface area contributed by atoms with Crippen LogP contribution in [0.4, 0.5) is 5.82 Å². The number of ether oxygens (including phenoxy) is 1. The average Bonchev–Trinajstić information content (AvgIpc) is 2.97. The maximum absolute atomic E-state index is 5.40. The number of aromatic amines is 1. The number of methoxy groups -OCH3 is 1. The second-order valence-electron chi connectivity index (χ2n) is 4.01. The predicted molar refractivity (Wildman–Crippen MR) is 70.0 cm³/mol. The Morgan fingerprint density at radius 3 is 3.06 bits per heavy atom. The smallest absolute Gasteiger partial charge is 0.182 e. The standard InChI is InChI=1S/C10H14N6O.ClH/c1-17-7-3-11-2-6(7)16-10-8-9(13-4-12-8)14-5-15-10;/h4-7,11H,2-3H2,1H3,(H2,12,13,14,15,16);1H/t6-,7-;/m0./s1. The number of fused-ring (bicyclic) bond motifs is 1. The number of hydrogen-bond acceptors (Lipinski definition) is 6. The van der Waals surface area contributed by atoms with Gasteiger partial charge in [-0.3, -0.25) is 0 Å². The van der Waals surface area contributed by atoms with Crippen molar-refractivity contribution in [1.82, 2.24) is 25.3 Å². The van der Waals surface area contributed by atoms with Crippen LogP contribution in [0.15, 0.2) is 12.7 Å². The molecule has 0 amide bonds. The Kier molecular flexibility index (Phi) is 3.95. The highest BCUT2D eigenvalue weighted by atomic mass is 35.5. The van der Waals surface area contributed by atoms with E-state index in [9.17, 15) is 0 Å². The highest BCUT2D eigenvalue weighted by Gasteiger charge is 2.27. The molecule has 3 N–H and O–H groups in total. The Balaban J connectivity index is 0.00000120. The number of anilines is 1. The molecule has 8 heteroatoms. The van der Waals surface area contributed by atoms with Crippen molar-refractivity contribution in [1.29, 1.82) is 0 Å². The third kappa shape index (κ3) is 2.24. The molecule has 0 aromatic carbocycles. The lowest BCUT2D eigenvalue weighted by Crippen LogP contribution is -2.33. The van der Waals surface area contributed by atoms with Gasteiger partial charge in [0.1, 0.15) is 11.8 Å². The molecule has 98 valence electrons. The minimum absolute atomic E-state index is 0. The first kappa shape index (κ1) is 13.0. The van der Waals surface area contributed by atoms with E-state index in [-0.39, 0.29) is 24.6 Å². The molecule has 0 saturated carbocycles. The monoisotopic (exact) mass is 270 g/mol. The summed E-state index contributed by atoms with van der Waals surface area (Å²) in [5, 5.41) is 6.64. The molecular weight excluding hydrogens is 256 g/mol. The number of nitrogens with zero attached hydrogens (tertiary/aromatic N) is 3. The molecule has 1 aliphatic rings. The molecule has 0 spiro atoms. The molecule has 2 aromatic heterocycles. The summed E-state index contributed by atoms with van der Waals surface area (Å²) in [6, 6.07) is 0.210. The van der Waals surface area contributed by atoms with Crippen LogP contribution in [0.1, 0.15) is 0 Å². The lowest BCUT2D eigenvalue weighted by molar-refractivity contribution is 0.111. The van der Waals surface area contributed by atoms with Gasteiger partial charge in [0.15, 0.2) is 11.5 Å². The highest BCUT2D eigenvalue weighted by Crippen LogP contribution is 2.17. The summed E-state index contributed by atoms with van der Waals surface area (Å²) in [4.78, 5) is 15.4. The van der Waals surface area contributed by atoms with E-state index >= 15 is 0 Å². The fraction of sp³-hybridized carbons (Fsp3) is 0.500. The quantitative estimate of drug-likeness (QED) is 0.737. The van der Waals surface area contributed by atoms with Crippen molar-refractivity contribution in [3.8, 4) is 0 Å². The van der Waals surface area contributed by atoms with Crippen molar-refractivity contribution in [3.63, 3.8) is 0 Å². The summed E-state index contributed by atoms with van der Waals surface area (Å²) < 4.78 is 5.40. The zero-order valence-corrected chi connectivity index (χ0v) is 10.7. The number of rotatable bonds is 3. The lowest BCUT2D eigenvalue weighted by Gasteiger charge is -2.19. The topological polar surface area (TPSA) is 87.8 Å². The first-order valence-corrected chi connectivity index (χ1v) is 5.52. The molecule has 0 aliphatic carbocycles. The Morgan fingerprint density at radius 2 is 2.22 bits per heavy atom. The fourth-order valence-electron chi connectivity index (χ4n) is 2.10. The van der Waals surface area contributed by atoms with Crippen LogP contribution in [0, 0.1) is 0 Å². The summed E-state index contributed by atoms with van der Waals surface area (Å²) in [6.45, 7) is 1.71. The van der Waals surface area contributed by atoms with Gasteiger partial charge in [-0.25, -0.2) is 15.0 Å². The zero-order valence-electron chi connectivity index (χ0n) is 9.88. The number of nitrogens with one attached hydrogen (secondary N) is 3. The fourth-order valence-corrected chi connectivity index (χ4v) is 2.10. The van der Waals surface area contributed by atoms with Gasteiger partial charge in [0.05, 0.1) is 18.5 Å². The van der Waals surface area contributed by atoms with Gasteiger partial charge in [0.2, 0.25) is 0 Å². The van der Waals surface area contributed by atoms with Crippen molar-refractivity contribution >= 4 is 29.4 Å². The Morgan fingerprint density at radius 1 is 1.33 bits per heavy atom. The number of halogens is 1. The summed E-state index contributed by atoms with van der Waals surface area (Å²) in [5.41, 5.74) is 1.50. The Labute approximate surface area is 110 Å². The average molecular weight is 271 g/mol. The third-order valence-electron chi connectivity index (χ3n) is 3.01. The van der Waals surface area contributed by atoms with E-state index in [1.807, 2.05) is 0 Å². The van der Waals surface area contributed by atoms with Crippen LogP contribution in [0.25, 0.3) is 11.2 Å². The molecule has 2 aromatic rings. The minimum atomic E-state index is 0. The molecule has 1 saturated heterocycles. The maximum atomic E-state index is 5.40. The first-order chi connectivity index (χ1) is 8.38. The van der Waals surface area contributed by atoms with Gasteiger partial charge in [0, 0.05) is 20.2 Å². The van der Waals surface area contributed by atoms with E-state index < -0.39 is 0 Å². The van der Waals surface area contributed by atoms with E-state index in [1.54, 1.807) is 13.4 Å². The minimum Gasteiger partial charge on any atom is -0.378 e. The van der Waals surface area contributed by atoms with E-state index in [0.29, 0.717) is 5.65 Å². The van der Waals surface area contributed by atoms with Crippen LogP contribution in [0.3, 0.4) is 0 Å². The largest absolute Gasteiger partial charge is 0.378 e. The molecule has 0 radical (unpaired) electrons. The second-order valence-corrected chi connectivity index (χ2v) is 4.01. The summed E-state index contributed by atoms with van der Waals surface area (Å²) in [6.07, 6.45) is 3.28.